The maximum Gasteiger partial charge on any atom is 0.0151 e. The summed E-state index contributed by atoms with van der Waals surface area (Å²) in [5.74, 6) is 0. The van der Waals surface area contributed by atoms with Gasteiger partial charge < -0.3 is 0 Å². The Bertz CT molecular complexity index is 361. The molecule has 14 heavy (non-hydrogen) atoms. The van der Waals surface area contributed by atoms with Gasteiger partial charge in [-0.25, -0.2) is 0 Å². The monoisotopic (exact) mass is 202 g/mol. The number of aryl methyl sites for hydroxylation is 1. The van der Waals surface area contributed by atoms with E-state index in [2.05, 4.69) is 32.2 Å². The molecule has 0 aromatic heterocycles. The maximum absolute atomic E-state index is 3.77. The molecule has 0 saturated carbocycles. The molecule has 0 heterocycles. The molecular weight excluding hydrogens is 188 g/mol. The number of hydrogen-bond acceptors (Lipinski definition) is 1. The van der Waals surface area contributed by atoms with E-state index in [9.17, 15) is 0 Å². The molecule has 0 fully saturated rings. The third-order valence-corrected chi connectivity index (χ3v) is 3.02. The summed E-state index contributed by atoms with van der Waals surface area (Å²) < 4.78 is 0. The zero-order valence-corrected chi connectivity index (χ0v) is 9.18. The molecule has 1 aromatic rings. The summed E-state index contributed by atoms with van der Waals surface area (Å²) in [5.41, 5.74) is 1.29. The van der Waals surface area contributed by atoms with E-state index in [1.54, 1.807) is 17.8 Å². The molecule has 0 aliphatic carbocycles. The highest BCUT2D eigenvalue weighted by atomic mass is 32.2. The number of thioether (sulfide) groups is 1. The molecule has 1 aromatic carbocycles. The molecule has 0 aliphatic rings. The average Bonchev–Trinajstić information content (AvgIpc) is 2.20. The number of rotatable bonds is 4. The fraction of sp³-hybridized carbons (Fsp3) is 0.0769. The maximum atomic E-state index is 3.77. The second-order valence-electron chi connectivity index (χ2n) is 2.88. The van der Waals surface area contributed by atoms with Gasteiger partial charge >= 0.3 is 0 Å². The van der Waals surface area contributed by atoms with Crippen LogP contribution in [-0.4, -0.2) is 0 Å². The molecule has 0 bridgehead atoms. The van der Waals surface area contributed by atoms with Crippen molar-refractivity contribution in [3.05, 3.63) is 66.1 Å². The Balaban J connectivity index is 2.87. The first kappa shape index (κ1) is 10.9. The molecule has 0 saturated heterocycles. The minimum absolute atomic E-state index is 1.12. The van der Waals surface area contributed by atoms with Crippen LogP contribution in [0.15, 0.2) is 65.5 Å². The Morgan fingerprint density at radius 1 is 1.29 bits per heavy atom. The van der Waals surface area contributed by atoms with Crippen LogP contribution in [-0.2, 0) is 0 Å². The lowest BCUT2D eigenvalue weighted by atomic mass is 10.2. The average molecular weight is 202 g/mol. The van der Waals surface area contributed by atoms with Gasteiger partial charge in [0.05, 0.1) is 0 Å². The van der Waals surface area contributed by atoms with Crippen molar-refractivity contribution >= 4 is 11.8 Å². The van der Waals surface area contributed by atoms with E-state index in [-0.39, 0.29) is 0 Å². The second kappa shape index (κ2) is 5.51. The van der Waals surface area contributed by atoms with E-state index < -0.39 is 0 Å². The van der Waals surface area contributed by atoms with E-state index in [4.69, 9.17) is 0 Å². The summed E-state index contributed by atoms with van der Waals surface area (Å²) in [6, 6.07) is 8.31. The Morgan fingerprint density at radius 3 is 2.57 bits per heavy atom. The van der Waals surface area contributed by atoms with Crippen molar-refractivity contribution < 1.29 is 0 Å². The van der Waals surface area contributed by atoms with Crippen molar-refractivity contribution in [2.75, 3.05) is 0 Å². The molecule has 0 radical (unpaired) electrons. The van der Waals surface area contributed by atoms with Crippen molar-refractivity contribution in [1.29, 1.82) is 0 Å². The minimum Gasteiger partial charge on any atom is -0.0990 e. The van der Waals surface area contributed by atoms with Gasteiger partial charge in [0.25, 0.3) is 0 Å². The van der Waals surface area contributed by atoms with Crippen molar-refractivity contribution in [3.63, 3.8) is 0 Å². The lowest BCUT2D eigenvalue weighted by molar-refractivity contribution is 1.31. The molecule has 0 atom stereocenters. The first-order chi connectivity index (χ1) is 6.77. The third kappa shape index (κ3) is 2.93. The topological polar surface area (TPSA) is 0 Å². The van der Waals surface area contributed by atoms with Crippen LogP contribution in [0.1, 0.15) is 5.56 Å². The molecular formula is C13H14S. The third-order valence-electron chi connectivity index (χ3n) is 1.80. The van der Waals surface area contributed by atoms with Crippen LogP contribution in [0.5, 0.6) is 0 Å². The molecule has 0 spiro atoms. The zero-order valence-electron chi connectivity index (χ0n) is 8.36. The molecule has 0 aliphatic heterocycles. The van der Waals surface area contributed by atoms with Gasteiger partial charge in [-0.15, -0.1) is 0 Å². The number of benzene rings is 1. The van der Waals surface area contributed by atoms with Gasteiger partial charge in [-0.3, -0.25) is 0 Å². The quantitative estimate of drug-likeness (QED) is 0.517. The normalized spacial score (nSPS) is 11.1. The SMILES string of the molecule is C=C/C=C(\C=C)Sc1ccccc1C. The molecule has 0 nitrogen and oxygen atoms in total. The highest BCUT2D eigenvalue weighted by molar-refractivity contribution is 8.03. The van der Waals surface area contributed by atoms with Crippen molar-refractivity contribution in [2.45, 2.75) is 11.8 Å². The van der Waals surface area contributed by atoms with Crippen LogP contribution in [0.25, 0.3) is 0 Å². The summed E-state index contributed by atoms with van der Waals surface area (Å²) in [6.45, 7) is 9.55. The highest BCUT2D eigenvalue weighted by Crippen LogP contribution is 2.29. The predicted octanol–water partition coefficient (Wildman–Crippen LogP) is 4.34. The van der Waals surface area contributed by atoms with Gasteiger partial charge in [0.2, 0.25) is 0 Å². The molecule has 0 N–H and O–H groups in total. The summed E-state index contributed by atoms with van der Waals surface area (Å²) in [7, 11) is 0. The number of allylic oxidation sites excluding steroid dienone is 3. The van der Waals surface area contributed by atoms with Crippen LogP contribution < -0.4 is 0 Å². The smallest absolute Gasteiger partial charge is 0.0151 e. The van der Waals surface area contributed by atoms with E-state index in [1.807, 2.05) is 24.3 Å². The van der Waals surface area contributed by atoms with Gasteiger partial charge in [-0.2, -0.15) is 0 Å². The van der Waals surface area contributed by atoms with Crippen molar-refractivity contribution in [3.8, 4) is 0 Å². The molecule has 1 heteroatoms. The minimum atomic E-state index is 1.12. The lowest BCUT2D eigenvalue weighted by Crippen LogP contribution is -1.78. The first-order valence-electron chi connectivity index (χ1n) is 4.46. The van der Waals surface area contributed by atoms with E-state index >= 15 is 0 Å². The molecule has 1 rings (SSSR count). The van der Waals surface area contributed by atoms with Crippen LogP contribution in [0.4, 0.5) is 0 Å². The Kier molecular flexibility index (Phi) is 4.27. The van der Waals surface area contributed by atoms with Crippen molar-refractivity contribution in [1.82, 2.24) is 0 Å². The largest absolute Gasteiger partial charge is 0.0990 e. The van der Waals surface area contributed by atoms with Crippen LogP contribution in [0.3, 0.4) is 0 Å². The van der Waals surface area contributed by atoms with Crippen LogP contribution in [0, 0.1) is 6.92 Å². The van der Waals surface area contributed by atoms with Crippen LogP contribution in [0.2, 0.25) is 0 Å². The zero-order chi connectivity index (χ0) is 10.4. The Hall–Kier alpha value is -1.21. The van der Waals surface area contributed by atoms with E-state index in [1.165, 1.54) is 10.5 Å². The molecule has 72 valence electrons. The molecule has 0 amide bonds. The van der Waals surface area contributed by atoms with Crippen LogP contribution >= 0.6 is 11.8 Å². The Labute approximate surface area is 90.0 Å². The fourth-order valence-electron chi connectivity index (χ4n) is 1.06. The first-order valence-corrected chi connectivity index (χ1v) is 5.28. The molecule has 0 unspecified atom stereocenters. The van der Waals surface area contributed by atoms with Gasteiger partial charge in [-0.05, 0) is 24.6 Å². The van der Waals surface area contributed by atoms with Gasteiger partial charge in [0, 0.05) is 9.80 Å². The van der Waals surface area contributed by atoms with Gasteiger partial charge in [-0.1, -0.05) is 55.3 Å². The summed E-state index contributed by atoms with van der Waals surface area (Å²) in [5, 5.41) is 0. The van der Waals surface area contributed by atoms with Gasteiger partial charge in [0.1, 0.15) is 0 Å². The summed E-state index contributed by atoms with van der Waals surface area (Å²) >= 11 is 1.71. The predicted molar refractivity (Wildman–Crippen MR) is 65.5 cm³/mol. The number of hydrogen-bond donors (Lipinski definition) is 0. The summed E-state index contributed by atoms with van der Waals surface area (Å²) in [6.07, 6.45) is 5.59. The van der Waals surface area contributed by atoms with Crippen molar-refractivity contribution in [2.24, 2.45) is 0 Å². The summed E-state index contributed by atoms with van der Waals surface area (Å²) in [4.78, 5) is 2.38. The standard InChI is InChI=1S/C13H14S/c1-4-8-12(5-2)14-13-10-7-6-9-11(13)3/h4-10H,1-2H2,3H3/b12-8+. The second-order valence-corrected chi connectivity index (χ2v) is 3.99. The highest BCUT2D eigenvalue weighted by Gasteiger charge is 1.98. The van der Waals surface area contributed by atoms with Gasteiger partial charge in [0.15, 0.2) is 0 Å². The Morgan fingerprint density at radius 2 is 2.00 bits per heavy atom. The fourth-order valence-corrected chi connectivity index (χ4v) is 1.93. The lowest BCUT2D eigenvalue weighted by Gasteiger charge is -2.04. The van der Waals surface area contributed by atoms with E-state index in [0.717, 1.165) is 4.91 Å². The van der Waals surface area contributed by atoms with E-state index in [0.29, 0.717) is 0 Å².